The molecule has 8 N–H and O–H groups in total. The molecule has 2 saturated heterocycles. The number of ketones is 1. The van der Waals surface area contributed by atoms with Crippen LogP contribution in [0.3, 0.4) is 0 Å². The van der Waals surface area contributed by atoms with Gasteiger partial charge >= 0.3 is 23.9 Å². The molecule has 3 atom stereocenters. The molecule has 72 heavy (non-hydrogen) atoms. The van der Waals surface area contributed by atoms with Crippen molar-refractivity contribution in [1.82, 2.24) is 40.4 Å². The number of unbranched alkanes of at least 4 members (excludes halogenated alkanes) is 1. The number of carbonyl (C=O) groups is 10. The molecule has 1 unspecified atom stereocenters. The molecule has 1 aromatic rings. The summed E-state index contributed by atoms with van der Waals surface area (Å²) in [6.07, 6.45) is 3.62. The Balaban J connectivity index is 1.52. The molecular formula is C47H71N9O14S2. The molecule has 3 rings (SSSR count). The van der Waals surface area contributed by atoms with Gasteiger partial charge in [0.25, 0.3) is 5.91 Å². The van der Waals surface area contributed by atoms with Crippen molar-refractivity contribution in [3.63, 3.8) is 0 Å². The Bertz CT molecular complexity index is 2030. The molecule has 0 spiro atoms. The molecule has 23 nitrogen and oxygen atoms in total. The topological polar surface area (TPSA) is 328 Å². The number of Topliss-reactive ketones (excluding diaryl/α,β-unsaturated/α-hetero) is 1. The minimum Gasteiger partial charge on any atom is -0.480 e. The standard InChI is InChI=1S/C47H71N9O14S2/c1-32(48)7-6-23-72-38-26-41(60)56(46(38)68)14-4-3-10-36(47(69)70)50-39(58)12-11-37(57)35(13-24-71-2)51-45(67)34-9-5-8-33(25-34)27-49-40(59)28-52-15-17-53(29-42(61)62)19-21-55(31-44(65)66)22-20-54(18-16-52)30-43(63)64/h5,8-9,25,35-36,38,48H,3-4,6-7,10-24,26-31H2,1-2H3,(H,49,59)(H,50,58)(H,51,67)(H,61,62)(H,63,64)(H,65,66)(H,69,70)/t35-,36-,38?/m0/s1. The zero-order valence-electron chi connectivity index (χ0n) is 41.1. The lowest BCUT2D eigenvalue weighted by molar-refractivity contribution is -0.142. The van der Waals surface area contributed by atoms with Crippen LogP contribution in [0.1, 0.15) is 80.6 Å². The number of aliphatic carboxylic acids is 4. The quantitative estimate of drug-likeness (QED) is 0.0283. The van der Waals surface area contributed by atoms with Crippen molar-refractivity contribution >= 4 is 88.4 Å². The highest BCUT2D eigenvalue weighted by atomic mass is 32.2. The Morgan fingerprint density at radius 2 is 1.26 bits per heavy atom. The van der Waals surface area contributed by atoms with Crippen molar-refractivity contribution in [1.29, 1.82) is 5.41 Å². The summed E-state index contributed by atoms with van der Waals surface area (Å²) in [5.41, 5.74) is 1.32. The summed E-state index contributed by atoms with van der Waals surface area (Å²) in [7, 11) is 0. The van der Waals surface area contributed by atoms with E-state index in [4.69, 9.17) is 5.41 Å². The maximum Gasteiger partial charge on any atom is 0.326 e. The maximum absolute atomic E-state index is 13.5. The van der Waals surface area contributed by atoms with E-state index in [2.05, 4.69) is 16.0 Å². The van der Waals surface area contributed by atoms with Crippen LogP contribution in [0.15, 0.2) is 24.3 Å². The zero-order valence-corrected chi connectivity index (χ0v) is 42.8. The first-order chi connectivity index (χ1) is 34.2. The normalized spacial score (nSPS) is 17.5. The van der Waals surface area contributed by atoms with Crippen molar-refractivity contribution < 1.29 is 68.4 Å². The second kappa shape index (κ2) is 32.6. The molecule has 2 fully saturated rings. The lowest BCUT2D eigenvalue weighted by Crippen LogP contribution is -2.49. The molecule has 0 radical (unpaired) electrons. The minimum absolute atomic E-state index is 0.0238. The number of benzene rings is 1. The summed E-state index contributed by atoms with van der Waals surface area (Å²) in [5.74, 6) is -5.93. The number of thioether (sulfide) groups is 2. The number of likely N-dealkylation sites (tertiary alicyclic amines) is 1. The number of amides is 5. The Morgan fingerprint density at radius 3 is 1.79 bits per heavy atom. The fraction of sp³-hybridized carbons (Fsp3) is 0.638. The van der Waals surface area contributed by atoms with E-state index < -0.39 is 58.8 Å². The summed E-state index contributed by atoms with van der Waals surface area (Å²) < 4.78 is 0. The van der Waals surface area contributed by atoms with Gasteiger partial charge in [-0.05, 0) is 80.9 Å². The predicted octanol–water partition coefficient (Wildman–Crippen LogP) is 0.399. The fourth-order valence-electron chi connectivity index (χ4n) is 7.99. The van der Waals surface area contributed by atoms with Crippen LogP contribution in [0.2, 0.25) is 0 Å². The highest BCUT2D eigenvalue weighted by Gasteiger charge is 2.38. The molecule has 2 heterocycles. The van der Waals surface area contributed by atoms with Crippen molar-refractivity contribution in [2.24, 2.45) is 0 Å². The van der Waals surface area contributed by atoms with Gasteiger partial charge in [0.2, 0.25) is 23.6 Å². The van der Waals surface area contributed by atoms with Crippen LogP contribution in [-0.2, 0) is 49.7 Å². The Kier molecular flexibility index (Phi) is 27.5. The van der Waals surface area contributed by atoms with Crippen molar-refractivity contribution in [3.8, 4) is 0 Å². The maximum atomic E-state index is 13.5. The fourth-order valence-corrected chi connectivity index (χ4v) is 9.59. The van der Waals surface area contributed by atoms with Gasteiger partial charge in [-0.1, -0.05) is 12.1 Å². The van der Waals surface area contributed by atoms with Crippen LogP contribution in [0, 0.1) is 5.41 Å². The third-order valence-corrected chi connectivity index (χ3v) is 13.9. The van der Waals surface area contributed by atoms with Gasteiger partial charge in [-0.2, -0.15) is 11.8 Å². The molecule has 0 saturated carbocycles. The molecule has 1 aromatic carbocycles. The Labute approximate surface area is 428 Å². The number of nitrogens with one attached hydrogen (secondary N) is 4. The number of carboxylic acids is 4. The molecule has 25 heteroatoms. The lowest BCUT2D eigenvalue weighted by atomic mass is 10.0. The number of hydrogen-bond acceptors (Lipinski definition) is 17. The third-order valence-electron chi connectivity index (χ3n) is 11.9. The largest absolute Gasteiger partial charge is 0.480 e. The average Bonchev–Trinajstić information content (AvgIpc) is 3.58. The highest BCUT2D eigenvalue weighted by Crippen LogP contribution is 2.26. The number of carbonyl (C=O) groups excluding carboxylic acids is 6. The van der Waals surface area contributed by atoms with E-state index in [1.165, 1.54) is 28.4 Å². The van der Waals surface area contributed by atoms with Gasteiger partial charge in [-0.3, -0.25) is 67.7 Å². The van der Waals surface area contributed by atoms with Crippen molar-refractivity contribution in [2.45, 2.75) is 88.6 Å². The van der Waals surface area contributed by atoms with E-state index in [0.29, 0.717) is 42.0 Å². The SMILES string of the molecule is CSCC[C@H](NC(=O)c1cccc(CNC(=O)CN2CCN(CC(=O)O)CCN(CC(=O)O)CCN(CC(=O)O)CC2)c1)C(=O)CCC(=O)N[C@@H](CCCCN1C(=O)CC(SCCCC(C)=N)C1=O)C(=O)O. The Hall–Kier alpha value is -5.47. The van der Waals surface area contributed by atoms with Crippen molar-refractivity contribution in [2.75, 3.05) is 103 Å². The summed E-state index contributed by atoms with van der Waals surface area (Å²) in [6, 6.07) is 4.19. The van der Waals surface area contributed by atoms with Crippen LogP contribution < -0.4 is 16.0 Å². The first-order valence-corrected chi connectivity index (χ1v) is 26.4. The van der Waals surface area contributed by atoms with Gasteiger partial charge in [0.1, 0.15) is 6.04 Å². The van der Waals surface area contributed by atoms with Gasteiger partial charge < -0.3 is 41.8 Å². The molecule has 0 aromatic heterocycles. The van der Waals surface area contributed by atoms with E-state index in [9.17, 15) is 68.4 Å². The van der Waals surface area contributed by atoms with Crippen LogP contribution >= 0.6 is 23.5 Å². The number of carboxylic acid groups (broad SMARTS) is 4. The van der Waals surface area contributed by atoms with E-state index in [0.717, 1.165) is 6.42 Å². The highest BCUT2D eigenvalue weighted by molar-refractivity contribution is 8.00. The first kappa shape index (κ1) is 60.8. The van der Waals surface area contributed by atoms with Gasteiger partial charge in [-0.15, -0.1) is 11.8 Å². The molecular weight excluding hydrogens is 979 g/mol. The van der Waals surface area contributed by atoms with Crippen LogP contribution in [0.4, 0.5) is 0 Å². The van der Waals surface area contributed by atoms with E-state index >= 15 is 0 Å². The zero-order chi connectivity index (χ0) is 53.2. The van der Waals surface area contributed by atoms with Crippen molar-refractivity contribution in [3.05, 3.63) is 35.4 Å². The van der Waals surface area contributed by atoms with Gasteiger partial charge in [0.05, 0.1) is 37.5 Å². The van der Waals surface area contributed by atoms with E-state index in [1.807, 2.05) is 6.26 Å². The van der Waals surface area contributed by atoms with E-state index in [-0.39, 0.29) is 147 Å². The summed E-state index contributed by atoms with van der Waals surface area (Å²) in [4.78, 5) is 133. The summed E-state index contributed by atoms with van der Waals surface area (Å²) in [6.45, 7) is 2.78. The summed E-state index contributed by atoms with van der Waals surface area (Å²) in [5, 5.41) is 53.3. The lowest BCUT2D eigenvalue weighted by Gasteiger charge is -2.32. The van der Waals surface area contributed by atoms with Gasteiger partial charge in [-0.25, -0.2) is 4.79 Å². The molecule has 400 valence electrons. The second-order valence-electron chi connectivity index (χ2n) is 17.8. The minimum atomic E-state index is -1.28. The molecule has 2 aliphatic rings. The van der Waals surface area contributed by atoms with E-state index in [1.54, 1.807) is 50.8 Å². The number of hydrogen-bond donors (Lipinski definition) is 8. The average molecular weight is 1050 g/mol. The monoisotopic (exact) mass is 1050 g/mol. The van der Waals surface area contributed by atoms with Crippen LogP contribution in [0.5, 0.6) is 0 Å². The molecule has 2 aliphatic heterocycles. The first-order valence-electron chi connectivity index (χ1n) is 24.0. The second-order valence-corrected chi connectivity index (χ2v) is 20.1. The van der Waals surface area contributed by atoms with Gasteiger partial charge in [0.15, 0.2) is 5.78 Å². The van der Waals surface area contributed by atoms with Gasteiger partial charge in [0, 0.05) is 96.0 Å². The molecule has 0 aliphatic carbocycles. The number of nitrogens with zero attached hydrogens (tertiary/aromatic N) is 5. The smallest absolute Gasteiger partial charge is 0.326 e. The molecule has 0 bridgehead atoms. The predicted molar refractivity (Wildman–Crippen MR) is 269 cm³/mol. The Morgan fingerprint density at radius 1 is 0.694 bits per heavy atom. The summed E-state index contributed by atoms with van der Waals surface area (Å²) >= 11 is 2.85. The number of rotatable bonds is 31. The number of imide groups is 1. The molecule has 5 amide bonds. The third kappa shape index (κ3) is 23.8. The van der Waals surface area contributed by atoms with Crippen LogP contribution in [-0.4, -0.2) is 230 Å². The van der Waals surface area contributed by atoms with Crippen LogP contribution in [0.25, 0.3) is 0 Å².